The lowest BCUT2D eigenvalue weighted by Gasteiger charge is -2.08. The quantitative estimate of drug-likeness (QED) is 0.619. The van der Waals surface area contributed by atoms with Crippen LogP contribution in [0.15, 0.2) is 60.8 Å². The minimum atomic E-state index is -0.478. The first-order chi connectivity index (χ1) is 14.1. The van der Waals surface area contributed by atoms with Crippen LogP contribution in [-0.4, -0.2) is 29.9 Å². The number of hydrogen-bond donors (Lipinski definition) is 1. The van der Waals surface area contributed by atoms with Crippen molar-refractivity contribution in [3.05, 3.63) is 71.9 Å². The van der Waals surface area contributed by atoms with E-state index in [1.165, 1.54) is 7.11 Å². The van der Waals surface area contributed by atoms with Gasteiger partial charge in [0.15, 0.2) is 0 Å². The molecular formula is C22H20N2O5. The van der Waals surface area contributed by atoms with E-state index in [-0.39, 0.29) is 25.4 Å². The minimum Gasteiger partial charge on any atom is -0.465 e. The van der Waals surface area contributed by atoms with Gasteiger partial charge in [0.1, 0.15) is 6.61 Å². The summed E-state index contributed by atoms with van der Waals surface area (Å²) in [6.07, 6.45) is 1.63. The largest absolute Gasteiger partial charge is 0.465 e. The van der Waals surface area contributed by atoms with Gasteiger partial charge in [-0.3, -0.25) is 14.6 Å². The van der Waals surface area contributed by atoms with Gasteiger partial charge in [0.25, 0.3) is 0 Å². The van der Waals surface area contributed by atoms with E-state index < -0.39 is 11.9 Å². The van der Waals surface area contributed by atoms with Crippen molar-refractivity contribution in [1.29, 1.82) is 0 Å². The van der Waals surface area contributed by atoms with Crippen LogP contribution in [0.4, 0.5) is 5.69 Å². The summed E-state index contributed by atoms with van der Waals surface area (Å²) in [5.41, 5.74) is 2.45. The van der Waals surface area contributed by atoms with Crippen LogP contribution in [0.1, 0.15) is 28.8 Å². The molecule has 0 aliphatic carbocycles. The molecule has 7 nitrogen and oxygen atoms in total. The number of esters is 2. The molecule has 0 saturated heterocycles. The number of aromatic nitrogens is 1. The Bertz CT molecular complexity index is 1030. The van der Waals surface area contributed by atoms with E-state index in [2.05, 4.69) is 15.0 Å². The average Bonchev–Trinajstić information content (AvgIpc) is 2.76. The van der Waals surface area contributed by atoms with Crippen molar-refractivity contribution < 1.29 is 23.9 Å². The lowest BCUT2D eigenvalue weighted by atomic mass is 10.1. The van der Waals surface area contributed by atoms with Gasteiger partial charge in [-0.2, -0.15) is 0 Å². The fourth-order valence-electron chi connectivity index (χ4n) is 2.72. The van der Waals surface area contributed by atoms with Crippen molar-refractivity contribution in [2.75, 3.05) is 12.4 Å². The Morgan fingerprint density at radius 3 is 2.48 bits per heavy atom. The van der Waals surface area contributed by atoms with Crippen LogP contribution in [0.5, 0.6) is 0 Å². The fraction of sp³-hybridized carbons (Fsp3) is 0.182. The van der Waals surface area contributed by atoms with Gasteiger partial charge in [0.05, 0.1) is 30.3 Å². The number of rotatable bonds is 7. The van der Waals surface area contributed by atoms with Gasteiger partial charge in [0, 0.05) is 18.0 Å². The second-order valence-electron chi connectivity index (χ2n) is 6.28. The highest BCUT2D eigenvalue weighted by molar-refractivity contribution is 6.00. The molecule has 1 N–H and O–H groups in total. The van der Waals surface area contributed by atoms with Crippen molar-refractivity contribution in [2.24, 2.45) is 0 Å². The van der Waals surface area contributed by atoms with Crippen molar-refractivity contribution in [3.63, 3.8) is 0 Å². The molecule has 0 bridgehead atoms. The summed E-state index contributed by atoms with van der Waals surface area (Å²) < 4.78 is 9.81. The Hall–Kier alpha value is -3.74. The highest BCUT2D eigenvalue weighted by Crippen LogP contribution is 2.20. The van der Waals surface area contributed by atoms with Crippen molar-refractivity contribution in [2.45, 2.75) is 19.4 Å². The van der Waals surface area contributed by atoms with Gasteiger partial charge >= 0.3 is 11.9 Å². The van der Waals surface area contributed by atoms with E-state index in [0.29, 0.717) is 16.8 Å². The molecule has 1 aromatic heterocycles. The van der Waals surface area contributed by atoms with Crippen LogP contribution in [-0.2, 0) is 25.7 Å². The lowest BCUT2D eigenvalue weighted by molar-refractivity contribution is -0.145. The summed E-state index contributed by atoms with van der Waals surface area (Å²) in [7, 11) is 1.31. The molecule has 0 aliphatic rings. The standard InChI is InChI=1S/C22H20N2O5/c1-28-22(27)17-9-7-15(8-10-17)14-29-20(26)12-11-19(25)24-18-6-2-4-16-5-3-13-23-21(16)18/h2-10,13H,11-12,14H2,1H3,(H,24,25). The predicted molar refractivity (Wildman–Crippen MR) is 107 cm³/mol. The maximum Gasteiger partial charge on any atom is 0.337 e. The lowest BCUT2D eigenvalue weighted by Crippen LogP contribution is -2.15. The summed E-state index contributed by atoms with van der Waals surface area (Å²) in [6.45, 7) is 0.0646. The summed E-state index contributed by atoms with van der Waals surface area (Å²) >= 11 is 0. The first kappa shape index (κ1) is 20.0. The van der Waals surface area contributed by atoms with Crippen molar-refractivity contribution in [3.8, 4) is 0 Å². The van der Waals surface area contributed by atoms with E-state index >= 15 is 0 Å². The number of methoxy groups -OCH3 is 1. The Morgan fingerprint density at radius 1 is 0.966 bits per heavy atom. The zero-order valence-electron chi connectivity index (χ0n) is 15.9. The van der Waals surface area contributed by atoms with Crippen LogP contribution >= 0.6 is 0 Å². The number of anilines is 1. The third-order valence-electron chi connectivity index (χ3n) is 4.24. The number of hydrogen-bond acceptors (Lipinski definition) is 6. The first-order valence-electron chi connectivity index (χ1n) is 9.03. The highest BCUT2D eigenvalue weighted by Gasteiger charge is 2.11. The molecule has 0 unspecified atom stereocenters. The van der Waals surface area contributed by atoms with E-state index in [4.69, 9.17) is 4.74 Å². The fourth-order valence-corrected chi connectivity index (χ4v) is 2.72. The van der Waals surface area contributed by atoms with Gasteiger partial charge in [-0.1, -0.05) is 30.3 Å². The smallest absolute Gasteiger partial charge is 0.337 e. The first-order valence-corrected chi connectivity index (χ1v) is 9.03. The van der Waals surface area contributed by atoms with E-state index in [9.17, 15) is 14.4 Å². The summed E-state index contributed by atoms with van der Waals surface area (Å²) in [5, 5.41) is 3.70. The van der Waals surface area contributed by atoms with Crippen LogP contribution < -0.4 is 5.32 Å². The molecular weight excluding hydrogens is 372 g/mol. The molecule has 7 heteroatoms. The Morgan fingerprint density at radius 2 is 1.72 bits per heavy atom. The number of para-hydroxylation sites is 1. The molecule has 148 valence electrons. The maximum atomic E-state index is 12.2. The zero-order valence-corrected chi connectivity index (χ0v) is 15.9. The molecule has 1 heterocycles. The zero-order chi connectivity index (χ0) is 20.6. The molecule has 3 rings (SSSR count). The van der Waals surface area contributed by atoms with Crippen molar-refractivity contribution >= 4 is 34.4 Å². The third-order valence-corrected chi connectivity index (χ3v) is 4.24. The second-order valence-corrected chi connectivity index (χ2v) is 6.28. The number of fused-ring (bicyclic) bond motifs is 1. The number of pyridine rings is 1. The molecule has 0 fully saturated rings. The number of carbonyl (C=O) groups is 3. The molecule has 0 radical (unpaired) electrons. The number of amides is 1. The van der Waals surface area contributed by atoms with E-state index in [1.54, 1.807) is 36.5 Å². The Kier molecular flexibility index (Phi) is 6.52. The summed E-state index contributed by atoms with van der Waals surface area (Å²) in [4.78, 5) is 39.8. The highest BCUT2D eigenvalue weighted by atomic mass is 16.5. The predicted octanol–water partition coefficient (Wildman–Crippen LogP) is 3.48. The van der Waals surface area contributed by atoms with Gasteiger partial charge < -0.3 is 14.8 Å². The number of benzene rings is 2. The maximum absolute atomic E-state index is 12.2. The van der Waals surface area contributed by atoms with E-state index in [0.717, 1.165) is 10.9 Å². The van der Waals surface area contributed by atoms with Crippen molar-refractivity contribution in [1.82, 2.24) is 4.98 Å². The van der Waals surface area contributed by atoms with Crippen LogP contribution in [0, 0.1) is 0 Å². The molecule has 1 amide bonds. The molecule has 0 spiro atoms. The summed E-state index contributed by atoms with van der Waals surface area (Å²) in [6, 6.07) is 15.8. The number of nitrogens with one attached hydrogen (secondary N) is 1. The summed E-state index contributed by atoms with van der Waals surface area (Å²) in [5.74, 6) is -1.20. The molecule has 0 atom stereocenters. The van der Waals surface area contributed by atoms with Crippen LogP contribution in [0.25, 0.3) is 10.9 Å². The van der Waals surface area contributed by atoms with Gasteiger partial charge in [-0.05, 0) is 29.8 Å². The Balaban J connectivity index is 1.46. The second kappa shape index (κ2) is 9.45. The molecule has 29 heavy (non-hydrogen) atoms. The average molecular weight is 392 g/mol. The van der Waals surface area contributed by atoms with Crippen LogP contribution in [0.2, 0.25) is 0 Å². The number of ether oxygens (including phenoxy) is 2. The van der Waals surface area contributed by atoms with Gasteiger partial charge in [-0.25, -0.2) is 4.79 Å². The van der Waals surface area contributed by atoms with Crippen LogP contribution in [0.3, 0.4) is 0 Å². The normalized spacial score (nSPS) is 10.4. The molecule has 2 aromatic carbocycles. The van der Waals surface area contributed by atoms with Gasteiger partial charge in [-0.15, -0.1) is 0 Å². The Labute approximate surface area is 167 Å². The molecule has 0 saturated carbocycles. The number of nitrogens with zero attached hydrogens (tertiary/aromatic N) is 1. The van der Waals surface area contributed by atoms with Gasteiger partial charge in [0.2, 0.25) is 5.91 Å². The third kappa shape index (κ3) is 5.38. The SMILES string of the molecule is COC(=O)c1ccc(COC(=O)CCC(=O)Nc2cccc3cccnc23)cc1. The molecule has 0 aliphatic heterocycles. The topological polar surface area (TPSA) is 94.6 Å². The monoisotopic (exact) mass is 392 g/mol. The minimum absolute atomic E-state index is 0.00331. The molecule has 3 aromatic rings. The number of carbonyl (C=O) groups excluding carboxylic acids is 3. The van der Waals surface area contributed by atoms with E-state index in [1.807, 2.05) is 24.3 Å².